The van der Waals surface area contributed by atoms with Gasteiger partial charge in [-0.25, -0.2) is 4.79 Å². The zero-order chi connectivity index (χ0) is 17.1. The van der Waals surface area contributed by atoms with Crippen molar-refractivity contribution in [1.29, 1.82) is 0 Å². The number of thiazole rings is 1. The van der Waals surface area contributed by atoms with Crippen molar-refractivity contribution in [3.05, 3.63) is 69.8 Å². The maximum absolute atomic E-state index is 12.0. The number of hydrogen-bond acceptors (Lipinski definition) is 2. The fourth-order valence-corrected chi connectivity index (χ4v) is 3.25. The molecule has 1 aromatic heterocycles. The fraction of sp³-hybridized carbons (Fsp3) is 0.111. The van der Waals surface area contributed by atoms with Gasteiger partial charge in [-0.1, -0.05) is 41.9 Å². The lowest BCUT2D eigenvalue weighted by molar-refractivity contribution is 0.226. The van der Waals surface area contributed by atoms with Gasteiger partial charge in [0.15, 0.2) is 4.80 Å². The Labute approximate surface area is 149 Å². The topological polar surface area (TPSA) is 37.6 Å². The third kappa shape index (κ3) is 3.42. The number of benzene rings is 2. The van der Waals surface area contributed by atoms with Crippen LogP contribution in [0.3, 0.4) is 0 Å². The Morgan fingerprint density at radius 1 is 1.08 bits per heavy atom. The van der Waals surface area contributed by atoms with Crippen molar-refractivity contribution in [2.24, 2.45) is 4.99 Å². The molecular formula is C18H16ClN3OS. The Balaban J connectivity index is 2.23. The Morgan fingerprint density at radius 2 is 1.75 bits per heavy atom. The van der Waals surface area contributed by atoms with Gasteiger partial charge >= 0.3 is 6.03 Å². The molecule has 0 radical (unpaired) electrons. The van der Waals surface area contributed by atoms with Crippen LogP contribution in [0.2, 0.25) is 5.02 Å². The summed E-state index contributed by atoms with van der Waals surface area (Å²) >= 11 is 7.44. The van der Waals surface area contributed by atoms with Crippen LogP contribution in [0, 0.1) is 0 Å². The first-order valence-corrected chi connectivity index (χ1v) is 8.60. The fourth-order valence-electron chi connectivity index (χ4n) is 2.22. The third-order valence-electron chi connectivity index (χ3n) is 3.44. The van der Waals surface area contributed by atoms with Gasteiger partial charge in [-0.05, 0) is 29.8 Å². The van der Waals surface area contributed by atoms with Crippen LogP contribution in [0.4, 0.5) is 4.79 Å². The molecule has 0 spiro atoms. The van der Waals surface area contributed by atoms with E-state index < -0.39 is 0 Å². The van der Waals surface area contributed by atoms with E-state index in [1.807, 2.05) is 64.5 Å². The van der Waals surface area contributed by atoms with Crippen LogP contribution in [0.25, 0.3) is 16.9 Å². The molecule has 0 saturated heterocycles. The summed E-state index contributed by atoms with van der Waals surface area (Å²) < 4.78 is 1.97. The van der Waals surface area contributed by atoms with E-state index in [1.54, 1.807) is 14.1 Å². The molecule has 24 heavy (non-hydrogen) atoms. The number of halogens is 1. The molecule has 122 valence electrons. The summed E-state index contributed by atoms with van der Waals surface area (Å²) in [4.78, 5) is 18.3. The van der Waals surface area contributed by atoms with Crippen molar-refractivity contribution in [1.82, 2.24) is 9.47 Å². The van der Waals surface area contributed by atoms with Crippen molar-refractivity contribution >= 4 is 29.0 Å². The lowest BCUT2D eigenvalue weighted by atomic mass is 10.1. The second kappa shape index (κ2) is 7.03. The van der Waals surface area contributed by atoms with Gasteiger partial charge in [-0.2, -0.15) is 4.99 Å². The maximum Gasteiger partial charge on any atom is 0.345 e. The summed E-state index contributed by atoms with van der Waals surface area (Å²) in [6, 6.07) is 17.2. The van der Waals surface area contributed by atoms with Gasteiger partial charge in [0, 0.05) is 30.2 Å². The summed E-state index contributed by atoms with van der Waals surface area (Å²) in [5.74, 6) is 0. The van der Waals surface area contributed by atoms with Crippen molar-refractivity contribution in [3.8, 4) is 16.9 Å². The molecule has 0 bridgehead atoms. The van der Waals surface area contributed by atoms with Gasteiger partial charge < -0.3 is 4.90 Å². The molecule has 2 amide bonds. The van der Waals surface area contributed by atoms with Gasteiger partial charge in [0.05, 0.1) is 5.69 Å². The number of amides is 2. The van der Waals surface area contributed by atoms with Gasteiger partial charge in [-0.3, -0.25) is 4.57 Å². The summed E-state index contributed by atoms with van der Waals surface area (Å²) in [6.45, 7) is 0. The molecule has 0 saturated carbocycles. The highest BCUT2D eigenvalue weighted by molar-refractivity contribution is 7.07. The largest absolute Gasteiger partial charge is 0.345 e. The smallest absolute Gasteiger partial charge is 0.329 e. The number of carbonyl (C=O) groups is 1. The summed E-state index contributed by atoms with van der Waals surface area (Å²) in [7, 11) is 3.37. The summed E-state index contributed by atoms with van der Waals surface area (Å²) in [6.07, 6.45) is 0. The standard InChI is InChI=1S/C18H16ClN3OS/c1-21(2)17(23)20-18-22(15-10-8-14(19)9-11-15)16(12-24-18)13-6-4-3-5-7-13/h3-12H,1-2H3/b20-18-. The van der Waals surface area contributed by atoms with Crippen molar-refractivity contribution in [3.63, 3.8) is 0 Å². The molecular weight excluding hydrogens is 342 g/mol. The number of carbonyl (C=O) groups excluding carboxylic acids is 1. The minimum atomic E-state index is -0.292. The highest BCUT2D eigenvalue weighted by Crippen LogP contribution is 2.24. The zero-order valence-electron chi connectivity index (χ0n) is 13.3. The van der Waals surface area contributed by atoms with Gasteiger partial charge in [-0.15, -0.1) is 11.3 Å². The van der Waals surface area contributed by atoms with Crippen LogP contribution in [0.1, 0.15) is 0 Å². The summed E-state index contributed by atoms with van der Waals surface area (Å²) in [5, 5.41) is 2.67. The Hall–Kier alpha value is -2.37. The second-order valence-electron chi connectivity index (χ2n) is 5.37. The normalized spacial score (nSPS) is 11.5. The highest BCUT2D eigenvalue weighted by Gasteiger charge is 2.11. The molecule has 3 rings (SSSR count). The molecule has 3 aromatic rings. The molecule has 6 heteroatoms. The minimum Gasteiger partial charge on any atom is -0.329 e. The first-order valence-electron chi connectivity index (χ1n) is 7.34. The Kier molecular flexibility index (Phi) is 4.83. The second-order valence-corrected chi connectivity index (χ2v) is 6.64. The SMILES string of the molecule is CN(C)C(=O)/N=c1\scc(-c2ccccc2)n1-c1ccc(Cl)cc1. The Morgan fingerprint density at radius 3 is 2.38 bits per heavy atom. The Bertz CT molecular complexity index is 911. The van der Waals surface area contributed by atoms with Crippen LogP contribution in [-0.2, 0) is 0 Å². The lowest BCUT2D eigenvalue weighted by Crippen LogP contribution is -2.23. The highest BCUT2D eigenvalue weighted by atomic mass is 35.5. The van der Waals surface area contributed by atoms with Crippen LogP contribution in [0.15, 0.2) is 65.0 Å². The van der Waals surface area contributed by atoms with Gasteiger partial charge in [0.1, 0.15) is 0 Å². The van der Waals surface area contributed by atoms with E-state index in [9.17, 15) is 4.79 Å². The average molecular weight is 358 g/mol. The van der Waals surface area contributed by atoms with Crippen molar-refractivity contribution in [2.75, 3.05) is 14.1 Å². The molecule has 1 heterocycles. The van der Waals surface area contributed by atoms with E-state index in [2.05, 4.69) is 4.99 Å². The van der Waals surface area contributed by atoms with E-state index in [0.717, 1.165) is 16.9 Å². The van der Waals surface area contributed by atoms with Gasteiger partial charge in [0.25, 0.3) is 0 Å². The molecule has 4 nitrogen and oxygen atoms in total. The van der Waals surface area contributed by atoms with Crippen LogP contribution in [0.5, 0.6) is 0 Å². The first-order chi connectivity index (χ1) is 11.6. The summed E-state index contributed by atoms with van der Waals surface area (Å²) in [5.41, 5.74) is 2.94. The number of rotatable bonds is 2. The monoisotopic (exact) mass is 357 g/mol. The molecule has 0 fully saturated rings. The predicted octanol–water partition coefficient (Wildman–Crippen LogP) is 4.44. The molecule has 0 atom stereocenters. The molecule has 0 unspecified atom stereocenters. The number of hydrogen-bond donors (Lipinski definition) is 0. The zero-order valence-corrected chi connectivity index (χ0v) is 14.9. The lowest BCUT2D eigenvalue weighted by Gasteiger charge is -2.10. The van der Waals surface area contributed by atoms with E-state index in [0.29, 0.717) is 9.82 Å². The molecule has 0 aliphatic heterocycles. The third-order valence-corrected chi connectivity index (χ3v) is 4.51. The molecule has 0 aliphatic carbocycles. The predicted molar refractivity (Wildman–Crippen MR) is 98.7 cm³/mol. The quantitative estimate of drug-likeness (QED) is 0.668. The van der Waals surface area contributed by atoms with E-state index in [1.165, 1.54) is 16.2 Å². The minimum absolute atomic E-state index is 0.292. The van der Waals surface area contributed by atoms with E-state index in [-0.39, 0.29) is 6.03 Å². The van der Waals surface area contributed by atoms with E-state index in [4.69, 9.17) is 11.6 Å². The number of aromatic nitrogens is 1. The van der Waals surface area contributed by atoms with Crippen LogP contribution >= 0.6 is 22.9 Å². The molecule has 2 aromatic carbocycles. The van der Waals surface area contributed by atoms with Crippen LogP contribution < -0.4 is 4.80 Å². The van der Waals surface area contributed by atoms with Crippen molar-refractivity contribution < 1.29 is 4.79 Å². The van der Waals surface area contributed by atoms with E-state index >= 15 is 0 Å². The average Bonchev–Trinajstić information content (AvgIpc) is 3.00. The maximum atomic E-state index is 12.0. The molecule has 0 N–H and O–H groups in total. The van der Waals surface area contributed by atoms with Crippen molar-refractivity contribution in [2.45, 2.75) is 0 Å². The first kappa shape index (κ1) is 16.5. The number of urea groups is 1. The molecule has 0 aliphatic rings. The van der Waals surface area contributed by atoms with Gasteiger partial charge in [0.2, 0.25) is 0 Å². The number of nitrogens with zero attached hydrogens (tertiary/aromatic N) is 3. The van der Waals surface area contributed by atoms with Crippen LogP contribution in [-0.4, -0.2) is 29.6 Å².